The molecule has 1 N–H and O–H groups in total. The lowest BCUT2D eigenvalue weighted by Crippen LogP contribution is -2.16. The first-order valence-corrected chi connectivity index (χ1v) is 9.42. The van der Waals surface area contributed by atoms with E-state index in [0.717, 1.165) is 53.3 Å². The lowest BCUT2D eigenvalue weighted by atomic mass is 10.2. The summed E-state index contributed by atoms with van der Waals surface area (Å²) >= 11 is 0. The van der Waals surface area contributed by atoms with Crippen molar-refractivity contribution < 1.29 is 9.47 Å². The summed E-state index contributed by atoms with van der Waals surface area (Å²) < 4.78 is 10.8. The minimum absolute atomic E-state index is 0.277. The molecule has 1 aromatic heterocycles. The van der Waals surface area contributed by atoms with Crippen LogP contribution in [0.3, 0.4) is 0 Å². The molecule has 1 aliphatic heterocycles. The Kier molecular flexibility index (Phi) is 5.39. The molecule has 6 heteroatoms. The summed E-state index contributed by atoms with van der Waals surface area (Å²) in [5.41, 5.74) is 1.94. The molecule has 0 radical (unpaired) electrons. The number of aromatic nitrogens is 2. The highest BCUT2D eigenvalue weighted by molar-refractivity contribution is 5.90. The second kappa shape index (κ2) is 8.27. The largest absolute Gasteiger partial charge is 0.454 e. The number of benzene rings is 2. The van der Waals surface area contributed by atoms with Crippen molar-refractivity contribution in [3.05, 3.63) is 53.9 Å². The van der Waals surface area contributed by atoms with Gasteiger partial charge in [-0.3, -0.25) is 0 Å². The fraction of sp³-hybridized carbons (Fsp3) is 0.273. The van der Waals surface area contributed by atoms with E-state index in [2.05, 4.69) is 35.4 Å². The highest BCUT2D eigenvalue weighted by Gasteiger charge is 2.12. The van der Waals surface area contributed by atoms with Crippen molar-refractivity contribution in [1.29, 1.82) is 0 Å². The van der Waals surface area contributed by atoms with E-state index < -0.39 is 0 Å². The van der Waals surface area contributed by atoms with E-state index in [0.29, 0.717) is 5.82 Å². The van der Waals surface area contributed by atoms with Crippen molar-refractivity contribution in [2.24, 2.45) is 0 Å². The molecule has 3 aromatic rings. The number of hydrogen-bond acceptors (Lipinski definition) is 6. The molecule has 1 aliphatic rings. The molecule has 6 nitrogen and oxygen atoms in total. The summed E-state index contributed by atoms with van der Waals surface area (Å²) in [6.07, 6.45) is 4.96. The van der Waals surface area contributed by atoms with Crippen molar-refractivity contribution in [1.82, 2.24) is 14.9 Å². The Morgan fingerprint density at radius 3 is 2.79 bits per heavy atom. The lowest BCUT2D eigenvalue weighted by Gasteiger charge is -2.12. The van der Waals surface area contributed by atoms with Gasteiger partial charge >= 0.3 is 0 Å². The van der Waals surface area contributed by atoms with Gasteiger partial charge in [-0.1, -0.05) is 24.3 Å². The third kappa shape index (κ3) is 4.23. The third-order valence-corrected chi connectivity index (χ3v) is 4.52. The van der Waals surface area contributed by atoms with Gasteiger partial charge in [0.15, 0.2) is 17.3 Å². The first-order chi connectivity index (χ1) is 13.7. The predicted octanol–water partition coefficient (Wildman–Crippen LogP) is 3.89. The molecule has 144 valence electrons. The minimum Gasteiger partial charge on any atom is -0.454 e. The molecule has 0 fully saturated rings. The molecule has 0 saturated heterocycles. The maximum Gasteiger partial charge on any atom is 0.231 e. The Bertz CT molecular complexity index is 1000. The first kappa shape index (κ1) is 18.3. The van der Waals surface area contributed by atoms with Crippen LogP contribution in [0.15, 0.2) is 42.5 Å². The van der Waals surface area contributed by atoms with E-state index in [1.807, 2.05) is 48.6 Å². The van der Waals surface area contributed by atoms with Crippen LogP contribution in [0, 0.1) is 0 Å². The van der Waals surface area contributed by atoms with Gasteiger partial charge in [0.25, 0.3) is 0 Å². The van der Waals surface area contributed by atoms with Crippen LogP contribution in [0.2, 0.25) is 0 Å². The van der Waals surface area contributed by atoms with E-state index in [1.54, 1.807) is 0 Å². The zero-order valence-corrected chi connectivity index (χ0v) is 16.2. The van der Waals surface area contributed by atoms with Crippen molar-refractivity contribution in [2.45, 2.75) is 6.42 Å². The van der Waals surface area contributed by atoms with Crippen LogP contribution in [0.25, 0.3) is 23.1 Å². The molecule has 4 rings (SSSR count). The zero-order chi connectivity index (χ0) is 19.3. The minimum atomic E-state index is 0.277. The van der Waals surface area contributed by atoms with Gasteiger partial charge in [0.2, 0.25) is 6.79 Å². The van der Waals surface area contributed by atoms with Gasteiger partial charge in [-0.15, -0.1) is 0 Å². The van der Waals surface area contributed by atoms with Crippen LogP contribution >= 0.6 is 0 Å². The molecule has 0 amide bonds. The topological polar surface area (TPSA) is 59.5 Å². The second-order valence-corrected chi connectivity index (χ2v) is 6.98. The number of ether oxygens (including phenoxy) is 2. The molecule has 0 spiro atoms. The number of nitrogens with zero attached hydrogens (tertiary/aromatic N) is 3. The quantitative estimate of drug-likeness (QED) is 0.631. The smallest absolute Gasteiger partial charge is 0.231 e. The number of para-hydroxylation sites is 1. The van der Waals surface area contributed by atoms with Gasteiger partial charge in [0.05, 0.1) is 5.52 Å². The molecule has 2 heterocycles. The molecule has 0 saturated carbocycles. The molecule has 0 bridgehead atoms. The van der Waals surface area contributed by atoms with Crippen molar-refractivity contribution in [3.8, 4) is 11.5 Å². The number of fused-ring (bicyclic) bond motifs is 2. The summed E-state index contributed by atoms with van der Waals surface area (Å²) in [5, 5.41) is 4.50. The zero-order valence-electron chi connectivity index (χ0n) is 16.2. The van der Waals surface area contributed by atoms with Crippen LogP contribution in [0.4, 0.5) is 5.82 Å². The first-order valence-electron chi connectivity index (χ1n) is 9.42. The van der Waals surface area contributed by atoms with E-state index in [4.69, 9.17) is 14.5 Å². The van der Waals surface area contributed by atoms with Crippen LogP contribution < -0.4 is 14.8 Å². The number of anilines is 1. The van der Waals surface area contributed by atoms with Crippen molar-refractivity contribution in [3.63, 3.8) is 0 Å². The summed E-state index contributed by atoms with van der Waals surface area (Å²) in [6, 6.07) is 13.9. The van der Waals surface area contributed by atoms with Crippen LogP contribution in [0.1, 0.15) is 17.8 Å². The maximum atomic E-state index is 5.44. The Morgan fingerprint density at radius 2 is 1.89 bits per heavy atom. The Hall–Kier alpha value is -3.12. The average molecular weight is 376 g/mol. The van der Waals surface area contributed by atoms with Gasteiger partial charge in [-0.2, -0.15) is 0 Å². The van der Waals surface area contributed by atoms with Gasteiger partial charge in [0.1, 0.15) is 5.82 Å². The Labute approximate surface area is 164 Å². The summed E-state index contributed by atoms with van der Waals surface area (Å²) in [7, 11) is 4.16. The second-order valence-electron chi connectivity index (χ2n) is 6.98. The highest BCUT2D eigenvalue weighted by atomic mass is 16.7. The number of hydrogen-bond donors (Lipinski definition) is 1. The fourth-order valence-corrected chi connectivity index (χ4v) is 3.09. The third-order valence-electron chi connectivity index (χ3n) is 4.52. The number of nitrogens with one attached hydrogen (secondary N) is 1. The van der Waals surface area contributed by atoms with Gasteiger partial charge in [-0.25, -0.2) is 9.97 Å². The SMILES string of the molecule is CN(C)CCCNc1nc(/C=C/c2ccc3c(c2)OCO3)nc2ccccc12. The molecular weight excluding hydrogens is 352 g/mol. The van der Waals surface area contributed by atoms with Gasteiger partial charge in [-0.05, 0) is 63.0 Å². The molecule has 2 aromatic carbocycles. The molecule has 28 heavy (non-hydrogen) atoms. The molecule has 0 atom stereocenters. The van der Waals surface area contributed by atoms with E-state index in [1.165, 1.54) is 0 Å². The van der Waals surface area contributed by atoms with Crippen LogP contribution in [0.5, 0.6) is 11.5 Å². The molecule has 0 unspecified atom stereocenters. The summed E-state index contributed by atoms with van der Waals surface area (Å²) in [4.78, 5) is 11.6. The van der Waals surface area contributed by atoms with Crippen molar-refractivity contribution >= 4 is 28.9 Å². The Morgan fingerprint density at radius 1 is 1.04 bits per heavy atom. The highest BCUT2D eigenvalue weighted by Crippen LogP contribution is 2.33. The van der Waals surface area contributed by atoms with E-state index >= 15 is 0 Å². The summed E-state index contributed by atoms with van der Waals surface area (Å²) in [5.74, 6) is 3.09. The summed E-state index contributed by atoms with van der Waals surface area (Å²) in [6.45, 7) is 2.18. The van der Waals surface area contributed by atoms with Crippen LogP contribution in [-0.2, 0) is 0 Å². The maximum absolute atomic E-state index is 5.44. The Balaban J connectivity index is 1.56. The lowest BCUT2D eigenvalue weighted by molar-refractivity contribution is 0.174. The monoisotopic (exact) mass is 376 g/mol. The molecular formula is C22H24N4O2. The van der Waals surface area contributed by atoms with Crippen molar-refractivity contribution in [2.75, 3.05) is 39.3 Å². The predicted molar refractivity (Wildman–Crippen MR) is 113 cm³/mol. The van der Waals surface area contributed by atoms with E-state index in [9.17, 15) is 0 Å². The van der Waals surface area contributed by atoms with Gasteiger partial charge in [0, 0.05) is 11.9 Å². The normalized spacial score (nSPS) is 13.0. The van der Waals surface area contributed by atoms with E-state index in [-0.39, 0.29) is 6.79 Å². The number of rotatable bonds is 7. The average Bonchev–Trinajstić information content (AvgIpc) is 3.17. The standard InChI is InChI=1S/C22H24N4O2/c1-26(2)13-5-12-23-22-17-6-3-4-7-18(17)24-21(25-22)11-9-16-8-10-19-20(14-16)28-15-27-19/h3-4,6-11,14H,5,12-13,15H2,1-2H3,(H,23,24,25)/b11-9+. The molecule has 0 aliphatic carbocycles. The fourth-order valence-electron chi connectivity index (χ4n) is 3.09. The van der Waals surface area contributed by atoms with Crippen LogP contribution in [-0.4, -0.2) is 48.8 Å². The van der Waals surface area contributed by atoms with Gasteiger partial charge < -0.3 is 19.7 Å².